The number of rotatable bonds is 5. The summed E-state index contributed by atoms with van der Waals surface area (Å²) < 4.78 is 61.8. The van der Waals surface area contributed by atoms with E-state index >= 15 is 0 Å². The van der Waals surface area contributed by atoms with Gasteiger partial charge < -0.3 is 0 Å². The lowest BCUT2D eigenvalue weighted by atomic mass is 10.3. The fourth-order valence-corrected chi connectivity index (χ4v) is 3.09. The molecular formula is C10H15FN2O4S2. The lowest BCUT2D eigenvalue weighted by Gasteiger charge is -2.22. The molecule has 0 unspecified atom stereocenters. The van der Waals surface area contributed by atoms with Gasteiger partial charge in [0.15, 0.2) is 0 Å². The third-order valence-corrected chi connectivity index (χ3v) is 5.03. The minimum Gasteiger partial charge on any atom is -0.269 e. The molecule has 108 valence electrons. The summed E-state index contributed by atoms with van der Waals surface area (Å²) in [4.78, 5) is -0.712. The van der Waals surface area contributed by atoms with Crippen LogP contribution in [-0.4, -0.2) is 34.2 Å². The van der Waals surface area contributed by atoms with Crippen molar-refractivity contribution in [2.24, 2.45) is 0 Å². The second kappa shape index (κ2) is 5.43. The summed E-state index contributed by atoms with van der Waals surface area (Å²) in [7, 11) is -7.61. The smallest absolute Gasteiger partial charge is 0.269 e. The standard InChI is InChI=1S/C10H15FN2O4S2/c1-8(2)13(3)19(16,17)12-9-6-4-5-7-10(9)18(11,14)15/h4-8,12H,1-3H3. The van der Waals surface area contributed by atoms with E-state index in [1.165, 1.54) is 25.2 Å². The van der Waals surface area contributed by atoms with Crippen LogP contribution in [0.3, 0.4) is 0 Å². The first-order valence-corrected chi connectivity index (χ1v) is 8.17. The maximum absolute atomic E-state index is 13.0. The van der Waals surface area contributed by atoms with Gasteiger partial charge in [0.25, 0.3) is 0 Å². The van der Waals surface area contributed by atoms with Crippen LogP contribution in [0.15, 0.2) is 29.2 Å². The summed E-state index contributed by atoms with van der Waals surface area (Å²) in [6.07, 6.45) is 0. The Morgan fingerprint density at radius 1 is 1.16 bits per heavy atom. The molecule has 0 heterocycles. The van der Waals surface area contributed by atoms with Crippen molar-refractivity contribution in [3.63, 3.8) is 0 Å². The Kier molecular flexibility index (Phi) is 4.54. The molecule has 0 radical (unpaired) electrons. The molecule has 0 fully saturated rings. The monoisotopic (exact) mass is 310 g/mol. The third-order valence-electron chi connectivity index (χ3n) is 2.50. The average molecular weight is 310 g/mol. The number of hydrogen-bond donors (Lipinski definition) is 1. The molecule has 9 heteroatoms. The fraction of sp³-hybridized carbons (Fsp3) is 0.400. The van der Waals surface area contributed by atoms with E-state index in [1.54, 1.807) is 13.8 Å². The van der Waals surface area contributed by atoms with Gasteiger partial charge in [0.05, 0.1) is 5.69 Å². The highest BCUT2D eigenvalue weighted by Gasteiger charge is 2.24. The molecule has 0 aliphatic heterocycles. The molecule has 0 aliphatic carbocycles. The van der Waals surface area contributed by atoms with E-state index in [9.17, 15) is 20.7 Å². The first-order valence-electron chi connectivity index (χ1n) is 5.35. The van der Waals surface area contributed by atoms with Gasteiger partial charge in [-0.25, -0.2) is 0 Å². The van der Waals surface area contributed by atoms with Crippen molar-refractivity contribution in [3.8, 4) is 0 Å². The quantitative estimate of drug-likeness (QED) is 0.832. The van der Waals surface area contributed by atoms with E-state index in [4.69, 9.17) is 0 Å². The van der Waals surface area contributed by atoms with Crippen LogP contribution in [-0.2, 0) is 20.4 Å². The second-order valence-corrected chi connectivity index (χ2v) is 7.20. The van der Waals surface area contributed by atoms with E-state index < -0.39 is 25.3 Å². The molecule has 1 N–H and O–H groups in total. The van der Waals surface area contributed by atoms with Gasteiger partial charge in [-0.05, 0) is 26.0 Å². The normalized spacial score (nSPS) is 12.9. The summed E-state index contributed by atoms with van der Waals surface area (Å²) in [5.74, 6) is 0. The summed E-state index contributed by atoms with van der Waals surface area (Å²) in [5, 5.41) is 0. The zero-order chi connectivity index (χ0) is 14.8. The highest BCUT2D eigenvalue weighted by Crippen LogP contribution is 2.24. The Morgan fingerprint density at radius 2 is 1.68 bits per heavy atom. The Labute approximate surface area is 112 Å². The molecule has 0 spiro atoms. The van der Waals surface area contributed by atoms with Gasteiger partial charge in [0.1, 0.15) is 4.90 Å². The van der Waals surface area contributed by atoms with Gasteiger partial charge >= 0.3 is 20.4 Å². The SMILES string of the molecule is CC(C)N(C)S(=O)(=O)Nc1ccccc1S(=O)(=O)F. The predicted octanol–water partition coefficient (Wildman–Crippen LogP) is 1.34. The zero-order valence-electron chi connectivity index (χ0n) is 10.7. The van der Waals surface area contributed by atoms with Crippen molar-refractivity contribution in [1.29, 1.82) is 0 Å². The van der Waals surface area contributed by atoms with Gasteiger partial charge in [0.2, 0.25) is 0 Å². The van der Waals surface area contributed by atoms with Crippen LogP contribution in [0.5, 0.6) is 0 Å². The van der Waals surface area contributed by atoms with E-state index in [1.807, 2.05) is 0 Å². The number of nitrogens with one attached hydrogen (secondary N) is 1. The van der Waals surface area contributed by atoms with Crippen LogP contribution >= 0.6 is 0 Å². The van der Waals surface area contributed by atoms with Crippen LogP contribution in [0.1, 0.15) is 13.8 Å². The van der Waals surface area contributed by atoms with Crippen LogP contribution in [0.2, 0.25) is 0 Å². The average Bonchev–Trinajstić information content (AvgIpc) is 2.26. The Hall–Kier alpha value is -1.19. The van der Waals surface area contributed by atoms with Crippen molar-refractivity contribution in [2.45, 2.75) is 24.8 Å². The Bertz CT molecular complexity index is 656. The molecular weight excluding hydrogens is 295 g/mol. The van der Waals surface area contributed by atoms with Crippen molar-refractivity contribution >= 4 is 26.1 Å². The lowest BCUT2D eigenvalue weighted by Crippen LogP contribution is -2.37. The fourth-order valence-electron chi connectivity index (χ4n) is 1.25. The minimum atomic E-state index is -5.00. The van der Waals surface area contributed by atoms with E-state index in [0.717, 1.165) is 10.4 Å². The van der Waals surface area contributed by atoms with Gasteiger partial charge in [-0.3, -0.25) is 4.72 Å². The third kappa shape index (κ3) is 3.88. The van der Waals surface area contributed by atoms with Crippen LogP contribution in [0.25, 0.3) is 0 Å². The van der Waals surface area contributed by atoms with E-state index in [2.05, 4.69) is 4.72 Å². The molecule has 0 saturated heterocycles. The molecule has 0 atom stereocenters. The molecule has 1 aromatic carbocycles. The number of para-hydroxylation sites is 1. The van der Waals surface area contributed by atoms with Gasteiger partial charge in [0, 0.05) is 13.1 Å². The number of halogens is 1. The molecule has 0 bridgehead atoms. The number of benzene rings is 1. The Morgan fingerprint density at radius 3 is 2.16 bits per heavy atom. The zero-order valence-corrected chi connectivity index (χ0v) is 12.3. The maximum atomic E-state index is 13.0. The molecule has 19 heavy (non-hydrogen) atoms. The predicted molar refractivity (Wildman–Crippen MR) is 70.2 cm³/mol. The van der Waals surface area contributed by atoms with Crippen molar-refractivity contribution in [3.05, 3.63) is 24.3 Å². The first-order chi connectivity index (χ1) is 8.55. The molecule has 0 saturated carbocycles. The molecule has 6 nitrogen and oxygen atoms in total. The molecule has 1 aromatic rings. The summed E-state index contributed by atoms with van der Waals surface area (Å²) in [6, 6.07) is 4.55. The Balaban J connectivity index is 3.22. The van der Waals surface area contributed by atoms with E-state index in [-0.39, 0.29) is 11.7 Å². The highest BCUT2D eigenvalue weighted by molar-refractivity contribution is 7.90. The maximum Gasteiger partial charge on any atom is 0.334 e. The van der Waals surface area contributed by atoms with Crippen LogP contribution < -0.4 is 4.72 Å². The number of nitrogens with zero attached hydrogens (tertiary/aromatic N) is 1. The van der Waals surface area contributed by atoms with Crippen molar-refractivity contribution < 1.29 is 20.7 Å². The van der Waals surface area contributed by atoms with Gasteiger partial charge in [-0.15, -0.1) is 3.89 Å². The van der Waals surface area contributed by atoms with Crippen molar-refractivity contribution in [2.75, 3.05) is 11.8 Å². The summed E-state index contributed by atoms with van der Waals surface area (Å²) in [6.45, 7) is 3.30. The first kappa shape index (κ1) is 15.9. The highest BCUT2D eigenvalue weighted by atomic mass is 32.3. The molecule has 0 aliphatic rings. The molecule has 1 rings (SSSR count). The van der Waals surface area contributed by atoms with Crippen LogP contribution in [0.4, 0.5) is 9.57 Å². The second-order valence-electron chi connectivity index (χ2n) is 4.15. The summed E-state index contributed by atoms with van der Waals surface area (Å²) in [5.41, 5.74) is -0.322. The van der Waals surface area contributed by atoms with Crippen molar-refractivity contribution in [1.82, 2.24) is 4.31 Å². The van der Waals surface area contributed by atoms with E-state index in [0.29, 0.717) is 0 Å². The lowest BCUT2D eigenvalue weighted by molar-refractivity contribution is 0.414. The van der Waals surface area contributed by atoms with Gasteiger partial charge in [-0.1, -0.05) is 12.1 Å². The topological polar surface area (TPSA) is 83.6 Å². The van der Waals surface area contributed by atoms with Crippen LogP contribution in [0, 0.1) is 0 Å². The molecule has 0 aromatic heterocycles. The largest absolute Gasteiger partial charge is 0.334 e. The number of hydrogen-bond acceptors (Lipinski definition) is 4. The summed E-state index contributed by atoms with van der Waals surface area (Å²) >= 11 is 0. The van der Waals surface area contributed by atoms with Gasteiger partial charge in [-0.2, -0.15) is 21.1 Å². The number of anilines is 1. The minimum absolute atomic E-state index is 0.322. The molecule has 0 amide bonds.